The Kier molecular flexibility index (Phi) is 4.36. The molecule has 1 aromatic heterocycles. The van der Waals surface area contributed by atoms with Crippen LogP contribution in [0.25, 0.3) is 0 Å². The van der Waals surface area contributed by atoms with E-state index in [0.717, 1.165) is 36.8 Å². The normalized spacial score (nSPS) is 17.8. The molecule has 1 aliphatic heterocycles. The molecule has 1 N–H and O–H groups in total. The van der Waals surface area contributed by atoms with Gasteiger partial charge >= 0.3 is 6.03 Å². The molecule has 94 valence electrons. The first-order valence-electron chi connectivity index (χ1n) is 5.91. The SMILES string of the molecule is C[C@@H](Cc1ccco1)NC(=O)N1CCSCC1. The quantitative estimate of drug-likeness (QED) is 0.897. The fraction of sp³-hybridized carbons (Fsp3) is 0.583. The Bertz CT molecular complexity index is 347. The number of nitrogens with zero attached hydrogens (tertiary/aromatic N) is 1. The van der Waals surface area contributed by atoms with Crippen molar-refractivity contribution in [2.24, 2.45) is 0 Å². The number of hydrogen-bond acceptors (Lipinski definition) is 3. The van der Waals surface area contributed by atoms with E-state index in [4.69, 9.17) is 4.42 Å². The molecular weight excluding hydrogens is 236 g/mol. The smallest absolute Gasteiger partial charge is 0.317 e. The maximum atomic E-state index is 11.9. The molecule has 4 nitrogen and oxygen atoms in total. The lowest BCUT2D eigenvalue weighted by Gasteiger charge is -2.28. The molecule has 1 aliphatic rings. The van der Waals surface area contributed by atoms with Crippen molar-refractivity contribution in [3.8, 4) is 0 Å². The Morgan fingerprint density at radius 1 is 1.59 bits per heavy atom. The summed E-state index contributed by atoms with van der Waals surface area (Å²) >= 11 is 1.90. The molecule has 2 amide bonds. The summed E-state index contributed by atoms with van der Waals surface area (Å²) in [7, 11) is 0. The van der Waals surface area contributed by atoms with Crippen LogP contribution in [0.1, 0.15) is 12.7 Å². The van der Waals surface area contributed by atoms with Crippen LogP contribution in [-0.4, -0.2) is 41.6 Å². The highest BCUT2D eigenvalue weighted by Gasteiger charge is 2.18. The van der Waals surface area contributed by atoms with E-state index < -0.39 is 0 Å². The molecule has 0 aromatic carbocycles. The molecule has 1 fully saturated rings. The van der Waals surface area contributed by atoms with Gasteiger partial charge in [0.1, 0.15) is 5.76 Å². The van der Waals surface area contributed by atoms with Gasteiger partial charge in [-0.3, -0.25) is 0 Å². The van der Waals surface area contributed by atoms with Gasteiger partial charge in [0.25, 0.3) is 0 Å². The Labute approximate surface area is 106 Å². The molecule has 17 heavy (non-hydrogen) atoms. The van der Waals surface area contributed by atoms with Gasteiger partial charge in [0.05, 0.1) is 6.26 Å². The summed E-state index contributed by atoms with van der Waals surface area (Å²) < 4.78 is 5.26. The maximum absolute atomic E-state index is 11.9. The number of furan rings is 1. The van der Waals surface area contributed by atoms with Crippen LogP contribution in [-0.2, 0) is 6.42 Å². The largest absolute Gasteiger partial charge is 0.469 e. The summed E-state index contributed by atoms with van der Waals surface area (Å²) in [6.45, 7) is 3.70. The van der Waals surface area contributed by atoms with Gasteiger partial charge in [-0.15, -0.1) is 0 Å². The van der Waals surface area contributed by atoms with Crippen LogP contribution < -0.4 is 5.32 Å². The predicted molar refractivity (Wildman–Crippen MR) is 69.3 cm³/mol. The van der Waals surface area contributed by atoms with Gasteiger partial charge in [0.2, 0.25) is 0 Å². The van der Waals surface area contributed by atoms with Gasteiger partial charge < -0.3 is 14.6 Å². The third-order valence-electron chi connectivity index (χ3n) is 2.76. The van der Waals surface area contributed by atoms with E-state index >= 15 is 0 Å². The zero-order valence-corrected chi connectivity index (χ0v) is 10.8. The summed E-state index contributed by atoms with van der Waals surface area (Å²) in [5.74, 6) is 2.99. The Balaban J connectivity index is 1.77. The van der Waals surface area contributed by atoms with Crippen LogP contribution >= 0.6 is 11.8 Å². The summed E-state index contributed by atoms with van der Waals surface area (Å²) in [5, 5.41) is 3.01. The number of rotatable bonds is 3. The van der Waals surface area contributed by atoms with Crippen LogP contribution in [0, 0.1) is 0 Å². The Morgan fingerprint density at radius 3 is 3.00 bits per heavy atom. The van der Waals surface area contributed by atoms with Crippen molar-refractivity contribution in [2.75, 3.05) is 24.6 Å². The van der Waals surface area contributed by atoms with Crippen molar-refractivity contribution in [1.29, 1.82) is 0 Å². The first-order chi connectivity index (χ1) is 8.25. The van der Waals surface area contributed by atoms with Crippen LogP contribution in [0.2, 0.25) is 0 Å². The molecule has 0 aliphatic carbocycles. The minimum Gasteiger partial charge on any atom is -0.469 e. The summed E-state index contributed by atoms with van der Waals surface area (Å²) in [6.07, 6.45) is 2.40. The van der Waals surface area contributed by atoms with E-state index in [1.807, 2.05) is 35.7 Å². The van der Waals surface area contributed by atoms with Crippen molar-refractivity contribution in [3.63, 3.8) is 0 Å². The third-order valence-corrected chi connectivity index (χ3v) is 3.70. The molecule has 5 heteroatoms. The Morgan fingerprint density at radius 2 is 2.35 bits per heavy atom. The molecule has 1 saturated heterocycles. The van der Waals surface area contributed by atoms with Gasteiger partial charge in [-0.25, -0.2) is 4.79 Å². The molecule has 0 radical (unpaired) electrons. The first kappa shape index (κ1) is 12.4. The van der Waals surface area contributed by atoms with Crippen molar-refractivity contribution >= 4 is 17.8 Å². The predicted octanol–water partition coefficient (Wildman–Crippen LogP) is 1.97. The van der Waals surface area contributed by atoms with Crippen LogP contribution in [0.4, 0.5) is 4.79 Å². The molecule has 1 atom stereocenters. The lowest BCUT2D eigenvalue weighted by molar-refractivity contribution is 0.199. The van der Waals surface area contributed by atoms with Gasteiger partial charge in [0, 0.05) is 37.1 Å². The summed E-state index contributed by atoms with van der Waals surface area (Å²) in [6, 6.07) is 3.94. The molecule has 0 bridgehead atoms. The lowest BCUT2D eigenvalue weighted by atomic mass is 10.2. The van der Waals surface area contributed by atoms with E-state index in [1.54, 1.807) is 6.26 Å². The maximum Gasteiger partial charge on any atom is 0.317 e. The van der Waals surface area contributed by atoms with Crippen molar-refractivity contribution in [3.05, 3.63) is 24.2 Å². The van der Waals surface area contributed by atoms with Crippen LogP contribution in [0.5, 0.6) is 0 Å². The highest BCUT2D eigenvalue weighted by Crippen LogP contribution is 2.10. The molecular formula is C12H18N2O2S. The van der Waals surface area contributed by atoms with Crippen molar-refractivity contribution in [2.45, 2.75) is 19.4 Å². The van der Waals surface area contributed by atoms with E-state index in [2.05, 4.69) is 5.32 Å². The second-order valence-corrected chi connectivity index (χ2v) is 5.46. The van der Waals surface area contributed by atoms with Gasteiger partial charge in [-0.1, -0.05) is 0 Å². The zero-order chi connectivity index (χ0) is 12.1. The highest BCUT2D eigenvalue weighted by atomic mass is 32.2. The minimum absolute atomic E-state index is 0.0457. The average molecular weight is 254 g/mol. The monoisotopic (exact) mass is 254 g/mol. The molecule has 0 saturated carbocycles. The standard InChI is InChI=1S/C12H18N2O2S/c1-10(9-11-3-2-6-16-11)13-12(15)14-4-7-17-8-5-14/h2-3,6,10H,4-5,7-9H2,1H3,(H,13,15)/t10-/m0/s1. The second kappa shape index (κ2) is 6.00. The molecule has 1 aromatic rings. The highest BCUT2D eigenvalue weighted by molar-refractivity contribution is 7.99. The van der Waals surface area contributed by atoms with E-state index in [9.17, 15) is 4.79 Å². The van der Waals surface area contributed by atoms with E-state index in [0.29, 0.717) is 0 Å². The molecule has 2 rings (SSSR count). The van der Waals surface area contributed by atoms with E-state index in [-0.39, 0.29) is 12.1 Å². The minimum atomic E-state index is 0.0457. The fourth-order valence-corrected chi connectivity index (χ4v) is 2.75. The molecule has 0 unspecified atom stereocenters. The summed E-state index contributed by atoms with van der Waals surface area (Å²) in [5.41, 5.74) is 0. The van der Waals surface area contributed by atoms with Crippen molar-refractivity contribution in [1.82, 2.24) is 10.2 Å². The van der Waals surface area contributed by atoms with Gasteiger partial charge in [-0.05, 0) is 19.1 Å². The van der Waals surface area contributed by atoms with Crippen LogP contribution in [0.3, 0.4) is 0 Å². The number of hydrogen-bond donors (Lipinski definition) is 1. The van der Waals surface area contributed by atoms with Crippen molar-refractivity contribution < 1.29 is 9.21 Å². The summed E-state index contributed by atoms with van der Waals surface area (Å²) in [4.78, 5) is 13.8. The number of nitrogens with one attached hydrogen (secondary N) is 1. The van der Waals surface area contributed by atoms with Gasteiger partial charge in [-0.2, -0.15) is 11.8 Å². The topological polar surface area (TPSA) is 45.5 Å². The number of carbonyl (C=O) groups is 1. The zero-order valence-electron chi connectivity index (χ0n) is 10.0. The Hall–Kier alpha value is -1.10. The molecule has 0 spiro atoms. The molecule has 2 heterocycles. The third kappa shape index (κ3) is 3.70. The lowest BCUT2D eigenvalue weighted by Crippen LogP contribution is -2.47. The van der Waals surface area contributed by atoms with E-state index in [1.165, 1.54) is 0 Å². The first-order valence-corrected chi connectivity index (χ1v) is 7.07. The number of thioether (sulfide) groups is 1. The second-order valence-electron chi connectivity index (χ2n) is 4.23. The number of carbonyl (C=O) groups excluding carboxylic acids is 1. The number of amides is 2. The number of urea groups is 1. The van der Waals surface area contributed by atoms with Gasteiger partial charge in [0.15, 0.2) is 0 Å². The average Bonchev–Trinajstić information content (AvgIpc) is 2.82. The fourth-order valence-electron chi connectivity index (χ4n) is 1.85. The van der Waals surface area contributed by atoms with Crippen LogP contribution in [0.15, 0.2) is 22.8 Å².